The predicted molar refractivity (Wildman–Crippen MR) is 73.7 cm³/mol. The molecule has 0 spiro atoms. The van der Waals surface area contributed by atoms with E-state index in [2.05, 4.69) is 23.8 Å². The summed E-state index contributed by atoms with van der Waals surface area (Å²) in [5, 5.41) is 0.944. The molecule has 1 N–H and O–H groups in total. The minimum Gasteiger partial charge on any atom is -0.345 e. The fraction of sp³-hybridized carbons (Fsp3) is 0.467. The molecule has 2 aromatic rings. The van der Waals surface area contributed by atoms with Gasteiger partial charge in [-0.3, -0.25) is 4.79 Å². The Labute approximate surface area is 108 Å². The highest BCUT2D eigenvalue weighted by Crippen LogP contribution is 2.24. The number of aromatic amines is 1. The number of carbonyl (C=O) groups is 1. The largest absolute Gasteiger partial charge is 0.345 e. The Morgan fingerprint density at radius 3 is 2.72 bits per heavy atom. The van der Waals surface area contributed by atoms with Gasteiger partial charge in [-0.25, -0.2) is 4.98 Å². The number of nitrogens with one attached hydrogen (secondary N) is 1. The van der Waals surface area contributed by atoms with Crippen molar-refractivity contribution < 1.29 is 4.79 Å². The Kier molecular flexibility index (Phi) is 4.13. The molecule has 96 valence electrons. The highest BCUT2D eigenvalue weighted by Gasteiger charge is 2.21. The van der Waals surface area contributed by atoms with E-state index >= 15 is 0 Å². The van der Waals surface area contributed by atoms with E-state index in [9.17, 15) is 4.79 Å². The van der Waals surface area contributed by atoms with E-state index in [1.165, 1.54) is 0 Å². The van der Waals surface area contributed by atoms with Gasteiger partial charge >= 0.3 is 0 Å². The van der Waals surface area contributed by atoms with Crippen LogP contribution in [0.15, 0.2) is 24.5 Å². The Hall–Kier alpha value is -1.64. The topological polar surface area (TPSA) is 45.8 Å². The van der Waals surface area contributed by atoms with E-state index in [4.69, 9.17) is 0 Å². The summed E-state index contributed by atoms with van der Waals surface area (Å²) in [7, 11) is 0. The van der Waals surface area contributed by atoms with Gasteiger partial charge < -0.3 is 4.98 Å². The summed E-state index contributed by atoms with van der Waals surface area (Å²) in [4.78, 5) is 19.9. The van der Waals surface area contributed by atoms with Gasteiger partial charge in [0.1, 0.15) is 5.65 Å². The number of rotatable bonds is 6. The zero-order valence-electron chi connectivity index (χ0n) is 11.1. The molecule has 18 heavy (non-hydrogen) atoms. The van der Waals surface area contributed by atoms with Gasteiger partial charge in [-0.05, 0) is 25.0 Å². The normalized spacial score (nSPS) is 11.3. The summed E-state index contributed by atoms with van der Waals surface area (Å²) in [5.74, 6) is 0.414. The molecule has 0 saturated carbocycles. The van der Waals surface area contributed by atoms with Gasteiger partial charge in [0.2, 0.25) is 0 Å². The number of ketones is 1. The molecule has 0 aliphatic rings. The number of nitrogens with zero attached hydrogens (tertiary/aromatic N) is 1. The summed E-state index contributed by atoms with van der Waals surface area (Å²) >= 11 is 0. The first-order chi connectivity index (χ1) is 8.77. The van der Waals surface area contributed by atoms with E-state index in [-0.39, 0.29) is 11.7 Å². The van der Waals surface area contributed by atoms with Gasteiger partial charge in [-0.15, -0.1) is 0 Å². The number of fused-ring (bicyclic) bond motifs is 1. The van der Waals surface area contributed by atoms with Crippen LogP contribution >= 0.6 is 0 Å². The molecule has 0 amide bonds. The molecule has 3 heteroatoms. The number of carbonyl (C=O) groups excluding carboxylic acids is 1. The number of aromatic nitrogens is 2. The molecule has 0 bridgehead atoms. The van der Waals surface area contributed by atoms with Crippen molar-refractivity contribution in [2.45, 2.75) is 39.5 Å². The highest BCUT2D eigenvalue weighted by molar-refractivity contribution is 6.08. The summed E-state index contributed by atoms with van der Waals surface area (Å²) < 4.78 is 0. The van der Waals surface area contributed by atoms with E-state index in [0.29, 0.717) is 0 Å². The van der Waals surface area contributed by atoms with Crippen LogP contribution in [0.2, 0.25) is 0 Å². The minimum absolute atomic E-state index is 0.152. The molecule has 2 aromatic heterocycles. The Bertz CT molecular complexity index is 524. The fourth-order valence-electron chi connectivity index (χ4n) is 2.48. The molecule has 0 unspecified atom stereocenters. The van der Waals surface area contributed by atoms with Crippen molar-refractivity contribution in [1.82, 2.24) is 9.97 Å². The van der Waals surface area contributed by atoms with Crippen LogP contribution in [0.25, 0.3) is 11.0 Å². The predicted octanol–water partition coefficient (Wildman–Crippen LogP) is 3.96. The van der Waals surface area contributed by atoms with Crippen molar-refractivity contribution in [3.8, 4) is 0 Å². The maximum Gasteiger partial charge on any atom is 0.168 e. The van der Waals surface area contributed by atoms with Crippen molar-refractivity contribution >= 4 is 16.8 Å². The molecular formula is C15H20N2O. The molecule has 0 aliphatic carbocycles. The van der Waals surface area contributed by atoms with E-state index in [1.54, 1.807) is 12.4 Å². The second-order valence-corrected chi connectivity index (χ2v) is 4.74. The second kappa shape index (κ2) is 5.80. The lowest BCUT2D eigenvalue weighted by atomic mass is 9.90. The molecule has 2 heterocycles. The number of Topliss-reactive ketones (excluding diaryl/α,β-unsaturated/α-hetero) is 1. The fourth-order valence-corrected chi connectivity index (χ4v) is 2.48. The number of hydrogen-bond donors (Lipinski definition) is 1. The third kappa shape index (κ3) is 2.45. The van der Waals surface area contributed by atoms with E-state index in [0.717, 1.165) is 42.3 Å². The number of hydrogen-bond acceptors (Lipinski definition) is 2. The SMILES string of the molecule is CCCC(CCC)C(=O)c1c[nH]c2ncccc12. The van der Waals surface area contributed by atoms with E-state index in [1.807, 2.05) is 12.1 Å². The second-order valence-electron chi connectivity index (χ2n) is 4.74. The average Bonchev–Trinajstić information content (AvgIpc) is 2.81. The van der Waals surface area contributed by atoms with Crippen molar-refractivity contribution in [3.63, 3.8) is 0 Å². The highest BCUT2D eigenvalue weighted by atomic mass is 16.1. The molecule has 0 atom stereocenters. The standard InChI is InChI=1S/C15H20N2O/c1-3-6-11(7-4-2)14(18)13-10-17-15-12(13)8-5-9-16-15/h5,8-11H,3-4,6-7H2,1-2H3,(H,16,17). The van der Waals surface area contributed by atoms with Crippen LogP contribution < -0.4 is 0 Å². The monoisotopic (exact) mass is 244 g/mol. The van der Waals surface area contributed by atoms with Crippen LogP contribution in [0, 0.1) is 5.92 Å². The third-order valence-corrected chi connectivity index (χ3v) is 3.36. The molecule has 3 nitrogen and oxygen atoms in total. The first-order valence-electron chi connectivity index (χ1n) is 6.74. The summed E-state index contributed by atoms with van der Waals surface area (Å²) in [6.07, 6.45) is 7.59. The lowest BCUT2D eigenvalue weighted by Crippen LogP contribution is -2.14. The van der Waals surface area contributed by atoms with Gasteiger partial charge in [0.05, 0.1) is 0 Å². The summed E-state index contributed by atoms with van der Waals surface area (Å²) in [6.45, 7) is 4.26. The smallest absolute Gasteiger partial charge is 0.168 e. The third-order valence-electron chi connectivity index (χ3n) is 3.36. The Morgan fingerprint density at radius 2 is 2.06 bits per heavy atom. The average molecular weight is 244 g/mol. The van der Waals surface area contributed by atoms with Crippen molar-refractivity contribution in [1.29, 1.82) is 0 Å². The maximum absolute atomic E-state index is 12.6. The zero-order valence-corrected chi connectivity index (χ0v) is 11.1. The number of H-pyrrole nitrogens is 1. The first-order valence-corrected chi connectivity index (χ1v) is 6.74. The Balaban J connectivity index is 2.31. The molecule has 0 aliphatic heterocycles. The first kappa shape index (κ1) is 12.8. The summed E-state index contributed by atoms with van der Waals surface area (Å²) in [5.41, 5.74) is 1.59. The van der Waals surface area contributed by atoms with Gasteiger partial charge in [0, 0.05) is 29.3 Å². The molecule has 0 fully saturated rings. The van der Waals surface area contributed by atoms with Crippen LogP contribution in [0.5, 0.6) is 0 Å². The van der Waals surface area contributed by atoms with Crippen molar-refractivity contribution in [2.75, 3.05) is 0 Å². The van der Waals surface area contributed by atoms with Crippen molar-refractivity contribution in [2.24, 2.45) is 5.92 Å². The van der Waals surface area contributed by atoms with E-state index < -0.39 is 0 Å². The Morgan fingerprint density at radius 1 is 1.33 bits per heavy atom. The quantitative estimate of drug-likeness (QED) is 0.782. The minimum atomic E-state index is 0.152. The van der Waals surface area contributed by atoms with Gasteiger partial charge in [-0.2, -0.15) is 0 Å². The van der Waals surface area contributed by atoms with Gasteiger partial charge in [0.15, 0.2) is 5.78 Å². The zero-order chi connectivity index (χ0) is 13.0. The molecule has 2 rings (SSSR count). The van der Waals surface area contributed by atoms with Crippen LogP contribution in [0.3, 0.4) is 0 Å². The van der Waals surface area contributed by atoms with Gasteiger partial charge in [-0.1, -0.05) is 26.7 Å². The van der Waals surface area contributed by atoms with Crippen LogP contribution in [0.1, 0.15) is 49.9 Å². The van der Waals surface area contributed by atoms with Crippen LogP contribution in [-0.2, 0) is 0 Å². The van der Waals surface area contributed by atoms with Crippen molar-refractivity contribution in [3.05, 3.63) is 30.1 Å². The lowest BCUT2D eigenvalue weighted by molar-refractivity contribution is 0.0906. The van der Waals surface area contributed by atoms with Crippen LogP contribution in [-0.4, -0.2) is 15.8 Å². The van der Waals surface area contributed by atoms with Crippen LogP contribution in [0.4, 0.5) is 0 Å². The molecular weight excluding hydrogens is 224 g/mol. The molecule has 0 aromatic carbocycles. The molecule has 0 saturated heterocycles. The maximum atomic E-state index is 12.6. The molecule has 0 radical (unpaired) electrons. The lowest BCUT2D eigenvalue weighted by Gasteiger charge is -2.13. The number of pyridine rings is 1. The summed E-state index contributed by atoms with van der Waals surface area (Å²) in [6, 6.07) is 3.84. The van der Waals surface area contributed by atoms with Gasteiger partial charge in [0.25, 0.3) is 0 Å².